The molecule has 0 radical (unpaired) electrons. The molecule has 2 amide bonds. The Labute approximate surface area is 94.8 Å². The van der Waals surface area contributed by atoms with Crippen LogP contribution in [0.25, 0.3) is 0 Å². The first-order valence-electron chi connectivity index (χ1n) is 5.83. The van der Waals surface area contributed by atoms with Crippen LogP contribution in [-0.4, -0.2) is 48.6 Å². The number of hydrogen-bond donors (Lipinski definition) is 2. The zero-order chi connectivity index (χ0) is 11.7. The van der Waals surface area contributed by atoms with Gasteiger partial charge in [-0.2, -0.15) is 0 Å². The fourth-order valence-electron chi connectivity index (χ4n) is 2.54. The van der Waals surface area contributed by atoms with E-state index in [2.05, 4.69) is 5.32 Å². The Kier molecular flexibility index (Phi) is 3.25. The van der Waals surface area contributed by atoms with Gasteiger partial charge in [0.05, 0.1) is 11.8 Å². The first kappa shape index (κ1) is 11.5. The number of piperidine rings is 1. The number of unbranched alkanes of at least 4 members (excludes halogenated alkanes) is 1. The predicted molar refractivity (Wildman–Crippen MR) is 57.4 cm³/mol. The highest BCUT2D eigenvalue weighted by atomic mass is 16.3. The van der Waals surface area contributed by atoms with Crippen LogP contribution in [0.5, 0.6) is 0 Å². The molecule has 2 unspecified atom stereocenters. The van der Waals surface area contributed by atoms with Gasteiger partial charge >= 0.3 is 0 Å². The van der Waals surface area contributed by atoms with Crippen molar-refractivity contribution in [1.82, 2.24) is 10.2 Å². The molecule has 1 aliphatic heterocycles. The SMILES string of the molecule is CNCCCCN1C(=O)C2C(CO)C2C1=O. The number of aliphatic hydroxyl groups excluding tert-OH is 1. The second kappa shape index (κ2) is 4.51. The summed E-state index contributed by atoms with van der Waals surface area (Å²) < 4.78 is 0. The van der Waals surface area contributed by atoms with E-state index in [9.17, 15) is 9.59 Å². The van der Waals surface area contributed by atoms with Crippen molar-refractivity contribution >= 4 is 11.8 Å². The van der Waals surface area contributed by atoms with Gasteiger partial charge < -0.3 is 10.4 Å². The summed E-state index contributed by atoms with van der Waals surface area (Å²) in [5, 5.41) is 12.0. The number of likely N-dealkylation sites (tertiary alicyclic amines) is 1. The normalized spacial score (nSPS) is 32.1. The van der Waals surface area contributed by atoms with Crippen molar-refractivity contribution in [1.29, 1.82) is 0 Å². The predicted octanol–water partition coefficient (Wildman–Crippen LogP) is -0.791. The van der Waals surface area contributed by atoms with Crippen LogP contribution in [0.4, 0.5) is 0 Å². The van der Waals surface area contributed by atoms with Crippen LogP contribution in [-0.2, 0) is 9.59 Å². The third-order valence-corrected chi connectivity index (χ3v) is 3.54. The minimum atomic E-state index is -0.207. The summed E-state index contributed by atoms with van der Waals surface area (Å²) in [5.74, 6) is -0.644. The molecule has 0 aromatic rings. The van der Waals surface area contributed by atoms with E-state index in [0.29, 0.717) is 6.54 Å². The standard InChI is InChI=1S/C11H18N2O3/c1-12-4-2-3-5-13-10(15)8-7(6-14)9(8)11(13)16/h7-9,12,14H,2-6H2,1H3. The quantitative estimate of drug-likeness (QED) is 0.460. The second-order valence-electron chi connectivity index (χ2n) is 4.54. The molecule has 2 N–H and O–H groups in total. The summed E-state index contributed by atoms with van der Waals surface area (Å²) in [7, 11) is 1.88. The molecule has 0 aromatic carbocycles. The number of aliphatic hydroxyl groups is 1. The lowest BCUT2D eigenvalue weighted by Crippen LogP contribution is -2.36. The van der Waals surface area contributed by atoms with Gasteiger partial charge in [0, 0.05) is 19.1 Å². The van der Waals surface area contributed by atoms with Gasteiger partial charge in [0.15, 0.2) is 0 Å². The van der Waals surface area contributed by atoms with Crippen molar-refractivity contribution in [2.45, 2.75) is 12.8 Å². The van der Waals surface area contributed by atoms with Crippen LogP contribution in [0.15, 0.2) is 0 Å². The Morgan fingerprint density at radius 1 is 1.25 bits per heavy atom. The van der Waals surface area contributed by atoms with Crippen molar-refractivity contribution in [3.05, 3.63) is 0 Å². The van der Waals surface area contributed by atoms with Crippen molar-refractivity contribution in [3.8, 4) is 0 Å². The largest absolute Gasteiger partial charge is 0.396 e. The molecular formula is C11H18N2O3. The molecule has 2 atom stereocenters. The van der Waals surface area contributed by atoms with Gasteiger partial charge in [-0.05, 0) is 26.4 Å². The monoisotopic (exact) mass is 226 g/mol. The number of rotatable bonds is 6. The maximum absolute atomic E-state index is 11.8. The van der Waals surface area contributed by atoms with E-state index in [1.54, 1.807) is 0 Å². The Morgan fingerprint density at radius 3 is 2.38 bits per heavy atom. The van der Waals surface area contributed by atoms with E-state index >= 15 is 0 Å². The third kappa shape index (κ3) is 1.74. The average molecular weight is 226 g/mol. The van der Waals surface area contributed by atoms with E-state index in [-0.39, 0.29) is 36.2 Å². The number of fused-ring (bicyclic) bond motifs is 1. The average Bonchev–Trinajstić information content (AvgIpc) is 2.96. The second-order valence-corrected chi connectivity index (χ2v) is 4.54. The van der Waals surface area contributed by atoms with Gasteiger partial charge in [0.2, 0.25) is 11.8 Å². The van der Waals surface area contributed by atoms with Crippen LogP contribution in [0, 0.1) is 17.8 Å². The van der Waals surface area contributed by atoms with Gasteiger partial charge in [-0.15, -0.1) is 0 Å². The molecule has 90 valence electrons. The summed E-state index contributed by atoms with van der Waals surface area (Å²) in [6.07, 6.45) is 1.81. The number of amides is 2. The van der Waals surface area contributed by atoms with E-state index < -0.39 is 0 Å². The molecule has 1 saturated carbocycles. The molecular weight excluding hydrogens is 208 g/mol. The minimum absolute atomic E-state index is 0.0413. The van der Waals surface area contributed by atoms with Crippen LogP contribution >= 0.6 is 0 Å². The highest BCUT2D eigenvalue weighted by Gasteiger charge is 2.66. The Balaban J connectivity index is 1.81. The van der Waals surface area contributed by atoms with Crippen molar-refractivity contribution < 1.29 is 14.7 Å². The maximum Gasteiger partial charge on any atom is 0.233 e. The van der Waals surface area contributed by atoms with Gasteiger partial charge in [0.1, 0.15) is 0 Å². The fraction of sp³-hybridized carbons (Fsp3) is 0.818. The van der Waals surface area contributed by atoms with Gasteiger partial charge in [0.25, 0.3) is 0 Å². The molecule has 2 rings (SSSR count). The zero-order valence-corrected chi connectivity index (χ0v) is 9.48. The molecule has 0 bridgehead atoms. The van der Waals surface area contributed by atoms with Crippen LogP contribution in [0.3, 0.4) is 0 Å². The van der Waals surface area contributed by atoms with Gasteiger partial charge in [-0.1, -0.05) is 0 Å². The first-order chi connectivity index (χ1) is 7.72. The molecule has 5 nitrogen and oxygen atoms in total. The number of nitrogens with zero attached hydrogens (tertiary/aromatic N) is 1. The van der Waals surface area contributed by atoms with E-state index in [4.69, 9.17) is 5.11 Å². The topological polar surface area (TPSA) is 69.6 Å². The van der Waals surface area contributed by atoms with Crippen LogP contribution < -0.4 is 5.32 Å². The molecule has 16 heavy (non-hydrogen) atoms. The van der Waals surface area contributed by atoms with Crippen molar-refractivity contribution in [3.63, 3.8) is 0 Å². The number of hydrogen-bond acceptors (Lipinski definition) is 4. The van der Waals surface area contributed by atoms with Crippen LogP contribution in [0.2, 0.25) is 0 Å². The summed E-state index contributed by atoms with van der Waals surface area (Å²) in [4.78, 5) is 24.9. The number of carbonyl (C=O) groups excluding carboxylic acids is 2. The number of nitrogens with one attached hydrogen (secondary N) is 1. The lowest BCUT2D eigenvalue weighted by atomic mass is 10.2. The fourth-order valence-corrected chi connectivity index (χ4v) is 2.54. The van der Waals surface area contributed by atoms with E-state index in [0.717, 1.165) is 19.4 Å². The Hall–Kier alpha value is -0.940. The molecule has 0 spiro atoms. The molecule has 2 fully saturated rings. The van der Waals surface area contributed by atoms with Crippen LogP contribution in [0.1, 0.15) is 12.8 Å². The Bertz CT molecular complexity index is 284. The molecule has 1 aliphatic carbocycles. The third-order valence-electron chi connectivity index (χ3n) is 3.54. The van der Waals surface area contributed by atoms with Gasteiger partial charge in [-0.25, -0.2) is 0 Å². The number of carbonyl (C=O) groups is 2. The smallest absolute Gasteiger partial charge is 0.233 e. The van der Waals surface area contributed by atoms with E-state index in [1.165, 1.54) is 4.90 Å². The molecule has 5 heteroatoms. The molecule has 0 aromatic heterocycles. The lowest BCUT2D eigenvalue weighted by molar-refractivity contribution is -0.142. The minimum Gasteiger partial charge on any atom is -0.396 e. The summed E-state index contributed by atoms with van der Waals surface area (Å²) in [6.45, 7) is 1.40. The van der Waals surface area contributed by atoms with Gasteiger partial charge in [-0.3, -0.25) is 14.5 Å². The summed E-state index contributed by atoms with van der Waals surface area (Å²) in [6, 6.07) is 0. The molecule has 1 saturated heterocycles. The summed E-state index contributed by atoms with van der Waals surface area (Å²) >= 11 is 0. The highest BCUT2D eigenvalue weighted by Crippen LogP contribution is 2.52. The maximum atomic E-state index is 11.8. The lowest BCUT2D eigenvalue weighted by Gasteiger charge is -2.17. The number of imide groups is 1. The van der Waals surface area contributed by atoms with Crippen molar-refractivity contribution in [2.75, 3.05) is 26.7 Å². The molecule has 2 aliphatic rings. The molecule has 1 heterocycles. The highest BCUT2D eigenvalue weighted by molar-refractivity contribution is 6.09. The first-order valence-corrected chi connectivity index (χ1v) is 5.83. The van der Waals surface area contributed by atoms with E-state index in [1.807, 2.05) is 7.05 Å². The van der Waals surface area contributed by atoms with Crippen molar-refractivity contribution in [2.24, 2.45) is 17.8 Å². The Morgan fingerprint density at radius 2 is 1.88 bits per heavy atom. The zero-order valence-electron chi connectivity index (χ0n) is 9.48. The summed E-state index contributed by atoms with van der Waals surface area (Å²) in [5.41, 5.74) is 0.